The van der Waals surface area contributed by atoms with E-state index in [-0.39, 0.29) is 62.0 Å². The summed E-state index contributed by atoms with van der Waals surface area (Å²) in [4.78, 5) is 128. The van der Waals surface area contributed by atoms with E-state index in [0.29, 0.717) is 42.4 Å². The van der Waals surface area contributed by atoms with Gasteiger partial charge in [0.15, 0.2) is 0 Å². The van der Waals surface area contributed by atoms with Crippen molar-refractivity contribution in [2.24, 2.45) is 17.6 Å². The average Bonchev–Trinajstić information content (AvgIpc) is 4.10. The molecule has 65 heavy (non-hydrogen) atoms. The van der Waals surface area contributed by atoms with Crippen molar-refractivity contribution < 1.29 is 48.4 Å². The Hall–Kier alpha value is -6.24. The van der Waals surface area contributed by atoms with Crippen LogP contribution in [0.4, 0.5) is 4.79 Å². The molecule has 10 amide bonds. The number of hydrogen-bond acceptors (Lipinski definition) is 13. The van der Waals surface area contributed by atoms with Gasteiger partial charge in [-0.2, -0.15) is 11.8 Å². The second-order valence-electron chi connectivity index (χ2n) is 16.5. The highest BCUT2D eigenvalue weighted by Crippen LogP contribution is 2.33. The summed E-state index contributed by atoms with van der Waals surface area (Å²) in [7, 11) is 0. The van der Waals surface area contributed by atoms with Gasteiger partial charge in [-0.3, -0.25) is 43.6 Å². The highest BCUT2D eigenvalue weighted by Gasteiger charge is 2.42. The van der Waals surface area contributed by atoms with Gasteiger partial charge in [0.25, 0.3) is 0 Å². The minimum absolute atomic E-state index is 0.0120. The summed E-state index contributed by atoms with van der Waals surface area (Å²) in [6.07, 6.45) is 9.48. The Morgan fingerprint density at radius 1 is 0.769 bits per heavy atom. The highest BCUT2D eigenvalue weighted by atomic mass is 32.2. The van der Waals surface area contributed by atoms with Crippen molar-refractivity contribution in [1.82, 2.24) is 68.0 Å². The molecule has 0 aromatic carbocycles. The minimum Gasteiger partial charge on any atom is -0.368 e. The normalized spacial score (nSPS) is 18.2. The van der Waals surface area contributed by atoms with Crippen molar-refractivity contribution in [2.45, 2.75) is 120 Å². The van der Waals surface area contributed by atoms with Crippen LogP contribution in [0.5, 0.6) is 0 Å². The van der Waals surface area contributed by atoms with Crippen LogP contribution in [0.3, 0.4) is 0 Å². The second-order valence-corrected chi connectivity index (χ2v) is 17.8. The number of urea groups is 1. The maximum absolute atomic E-state index is 13.8. The molecule has 2 aliphatic rings. The largest absolute Gasteiger partial charge is 0.368 e. The van der Waals surface area contributed by atoms with Gasteiger partial charge in [-0.15, -0.1) is 0 Å². The van der Waals surface area contributed by atoms with E-state index in [1.54, 1.807) is 0 Å². The summed E-state index contributed by atoms with van der Waals surface area (Å²) in [5, 5.41) is 30.7. The third-order valence-corrected chi connectivity index (χ3v) is 12.3. The molecule has 2 fully saturated rings. The van der Waals surface area contributed by atoms with Crippen LogP contribution in [0.15, 0.2) is 25.0 Å². The van der Waals surface area contributed by atoms with Gasteiger partial charge in [-0.1, -0.05) is 20.3 Å². The number of nitrogens with one attached hydrogen (secondary N) is 11. The first-order valence-corrected chi connectivity index (χ1v) is 22.7. The number of nitrogens with two attached hydrogens (primary N) is 1. The molecule has 0 spiro atoms. The number of unbranched alkanes of at least 4 members (excludes halogenated alkanes) is 2. The number of hydrogen-bond donors (Lipinski definition) is 13. The number of amides is 10. The third-order valence-electron chi connectivity index (χ3n) is 10.8. The molecular formula is C40H62N14O10S. The first-order chi connectivity index (χ1) is 31.1. The number of imidazole rings is 2. The number of nitrogens with zero attached hydrogens (tertiary/aromatic N) is 2. The lowest BCUT2D eigenvalue weighted by Crippen LogP contribution is -2.56. The fourth-order valence-electron chi connectivity index (χ4n) is 7.46. The molecular weight excluding hydrogens is 869 g/mol. The van der Waals surface area contributed by atoms with Gasteiger partial charge in [0.1, 0.15) is 18.1 Å². The van der Waals surface area contributed by atoms with Crippen molar-refractivity contribution in [3.8, 4) is 0 Å². The molecule has 7 atom stereocenters. The zero-order chi connectivity index (χ0) is 47.3. The van der Waals surface area contributed by atoms with Crippen molar-refractivity contribution >= 4 is 65.1 Å². The van der Waals surface area contributed by atoms with Crippen LogP contribution in [0.2, 0.25) is 0 Å². The highest BCUT2D eigenvalue weighted by molar-refractivity contribution is 8.00. The zero-order valence-corrected chi connectivity index (χ0v) is 37.4. The Kier molecular flexibility index (Phi) is 21.0. The molecule has 25 heteroatoms. The Morgan fingerprint density at radius 2 is 1.43 bits per heavy atom. The van der Waals surface area contributed by atoms with Crippen molar-refractivity contribution in [3.63, 3.8) is 0 Å². The fourth-order valence-corrected chi connectivity index (χ4v) is 9.00. The molecule has 0 aliphatic carbocycles. The quantitative estimate of drug-likeness (QED) is 0.0176. The Labute approximate surface area is 379 Å². The van der Waals surface area contributed by atoms with Crippen LogP contribution in [0.25, 0.3) is 0 Å². The van der Waals surface area contributed by atoms with E-state index >= 15 is 0 Å². The smallest absolute Gasteiger partial charge is 0.315 e. The van der Waals surface area contributed by atoms with Gasteiger partial charge in [-0.25, -0.2) is 20.2 Å². The summed E-state index contributed by atoms with van der Waals surface area (Å²) < 4.78 is 0. The molecule has 1 unspecified atom stereocenters. The van der Waals surface area contributed by atoms with E-state index in [9.17, 15) is 43.2 Å². The summed E-state index contributed by atoms with van der Waals surface area (Å²) >= 11 is 1.83. The van der Waals surface area contributed by atoms with E-state index in [2.05, 4.69) is 62.5 Å². The van der Waals surface area contributed by atoms with E-state index in [4.69, 9.17) is 10.9 Å². The lowest BCUT2D eigenvalue weighted by Gasteiger charge is -2.25. The number of fused-ring (bicyclic) bond motifs is 1. The minimum atomic E-state index is -1.28. The molecule has 358 valence electrons. The molecule has 2 aromatic heterocycles. The standard InChI is InChI=1S/C40H62N14O10S/c1-22(2)11-23(12-32(56)54-64)37(60)50-28(14-25-16-43-21-48-25)39(62)51-27(13-24-15-42-20-47-24)38(61)46-17-33(57)45-18-34(58)49-26(36(41)59)7-5-6-10-44-31(55)9-4-3-8-30-35-29(19-65-30)52-40(63)53-35/h15-16,20-23,26-30,35,64H,3-14,17-19H2,1-2H3,(H2,41,59)(H,42,47)(H,43,48)(H,44,55)(H,45,57)(H,46,61)(H,49,58)(H,50,60)(H,51,62)(H,54,56)(H2,52,53,63)/t23?,26-,27-,28-,29-,30-,35-/m0/s1. The lowest BCUT2D eigenvalue weighted by molar-refractivity contribution is -0.137. The van der Waals surface area contributed by atoms with E-state index in [1.165, 1.54) is 30.5 Å². The van der Waals surface area contributed by atoms with E-state index in [1.807, 2.05) is 25.6 Å². The predicted molar refractivity (Wildman–Crippen MR) is 234 cm³/mol. The summed E-state index contributed by atoms with van der Waals surface area (Å²) in [6.45, 7) is 2.94. The molecule has 4 rings (SSSR count). The predicted octanol–water partition coefficient (Wildman–Crippen LogP) is -2.34. The van der Waals surface area contributed by atoms with Crippen LogP contribution in [0.1, 0.15) is 83.0 Å². The van der Waals surface area contributed by atoms with Gasteiger partial charge >= 0.3 is 6.03 Å². The third kappa shape index (κ3) is 18.0. The summed E-state index contributed by atoms with van der Waals surface area (Å²) in [6, 6.07) is -3.39. The van der Waals surface area contributed by atoms with Gasteiger partial charge in [0, 0.05) is 72.9 Å². The number of aromatic nitrogens is 4. The molecule has 24 nitrogen and oxygen atoms in total. The lowest BCUT2D eigenvalue weighted by atomic mass is 9.92. The molecule has 0 saturated carbocycles. The van der Waals surface area contributed by atoms with Crippen molar-refractivity contribution in [2.75, 3.05) is 25.4 Å². The summed E-state index contributed by atoms with van der Waals surface area (Å²) in [5.74, 6) is -5.30. The average molecular weight is 931 g/mol. The fraction of sp³-hybridized carbons (Fsp3) is 0.625. The SMILES string of the molecule is CC(C)CC(CC(=O)NO)C(=O)N[C@@H](Cc1cnc[nH]1)C(=O)N[C@@H](Cc1cnc[nH]1)C(=O)NCC(=O)NCC(=O)N[C@@H](CCCCNC(=O)CCCC[C@@H]1SC[C@@H]2NC(=O)N[C@@H]21)C(N)=O. The molecule has 2 aliphatic heterocycles. The molecule has 2 saturated heterocycles. The van der Waals surface area contributed by atoms with Gasteiger partial charge in [0.2, 0.25) is 47.3 Å². The Morgan fingerprint density at radius 3 is 2.06 bits per heavy atom. The van der Waals surface area contributed by atoms with Gasteiger partial charge < -0.3 is 58.2 Å². The number of primary amides is 1. The number of aromatic amines is 2. The number of thioether (sulfide) groups is 1. The van der Waals surface area contributed by atoms with Gasteiger partial charge in [-0.05, 0) is 44.4 Å². The molecule has 0 radical (unpaired) electrons. The zero-order valence-electron chi connectivity index (χ0n) is 36.5. The maximum atomic E-state index is 13.8. The van der Waals surface area contributed by atoms with Crippen LogP contribution in [-0.4, -0.2) is 139 Å². The van der Waals surface area contributed by atoms with Crippen LogP contribution >= 0.6 is 11.8 Å². The number of carbonyl (C=O) groups excluding carboxylic acids is 9. The summed E-state index contributed by atoms with van der Waals surface area (Å²) in [5.41, 5.74) is 7.96. The number of hydroxylamine groups is 1. The van der Waals surface area contributed by atoms with Crippen LogP contribution < -0.4 is 53.7 Å². The second kappa shape index (κ2) is 26.5. The van der Waals surface area contributed by atoms with Crippen LogP contribution in [-0.2, 0) is 51.2 Å². The Bertz CT molecular complexity index is 1920. The molecule has 4 heterocycles. The van der Waals surface area contributed by atoms with Gasteiger partial charge in [0.05, 0.1) is 37.8 Å². The Balaban J connectivity index is 1.19. The molecule has 14 N–H and O–H groups in total. The van der Waals surface area contributed by atoms with E-state index in [0.717, 1.165) is 25.0 Å². The number of H-pyrrole nitrogens is 2. The van der Waals surface area contributed by atoms with Crippen molar-refractivity contribution in [3.05, 3.63) is 36.4 Å². The first-order valence-electron chi connectivity index (χ1n) is 21.7. The number of carbonyl (C=O) groups is 9. The monoisotopic (exact) mass is 930 g/mol. The topological polar surface area (TPSA) is 366 Å². The first kappa shape index (κ1) is 51.4. The molecule has 2 aromatic rings. The van der Waals surface area contributed by atoms with E-state index < -0.39 is 78.5 Å². The maximum Gasteiger partial charge on any atom is 0.315 e. The van der Waals surface area contributed by atoms with Crippen molar-refractivity contribution in [1.29, 1.82) is 0 Å². The molecule has 0 bridgehead atoms. The number of rotatable bonds is 29. The van der Waals surface area contributed by atoms with Crippen LogP contribution in [0, 0.1) is 11.8 Å².